The summed E-state index contributed by atoms with van der Waals surface area (Å²) in [4.78, 5) is 12.9. The van der Waals surface area contributed by atoms with Gasteiger partial charge < -0.3 is 29.8 Å². The zero-order chi connectivity index (χ0) is 24.9. The molecular formula is C27H27N3O5. The Labute approximate surface area is 203 Å². The van der Waals surface area contributed by atoms with Crippen molar-refractivity contribution in [2.75, 3.05) is 26.6 Å². The highest BCUT2D eigenvalue weighted by Crippen LogP contribution is 2.40. The Morgan fingerprint density at radius 2 is 1.69 bits per heavy atom. The summed E-state index contributed by atoms with van der Waals surface area (Å²) in [5.74, 6) is 1.40. The number of anilines is 1. The van der Waals surface area contributed by atoms with Crippen molar-refractivity contribution in [3.63, 3.8) is 0 Å². The fraction of sp³-hybridized carbons (Fsp3) is 0.185. The molecule has 0 aliphatic carbocycles. The average molecular weight is 474 g/mol. The molecule has 1 aromatic heterocycles. The number of hydrogen-bond donors (Lipinski definition) is 2. The first-order valence-corrected chi connectivity index (χ1v) is 10.9. The number of hydrogen-bond acceptors (Lipinski definition) is 7. The van der Waals surface area contributed by atoms with Gasteiger partial charge >= 0.3 is 0 Å². The van der Waals surface area contributed by atoms with Crippen LogP contribution in [-0.4, -0.2) is 32.4 Å². The van der Waals surface area contributed by atoms with E-state index in [1.165, 1.54) is 0 Å². The standard InChI is InChI=1S/C27H27N3O5/c1-16-12-19(14-23(33-3)26(16)34-4)25-20(15-35-30-25)18-10-11-22(32-2)21(13-18)29-27(31)24(28)17-8-6-5-7-9-17/h5-15,24H,28H2,1-4H3,(H,29,31). The maximum absolute atomic E-state index is 12.9. The van der Waals surface area contributed by atoms with E-state index < -0.39 is 6.04 Å². The van der Waals surface area contributed by atoms with Crippen molar-refractivity contribution in [2.24, 2.45) is 5.73 Å². The fourth-order valence-electron chi connectivity index (χ4n) is 3.94. The van der Waals surface area contributed by atoms with Gasteiger partial charge in [-0.05, 0) is 47.9 Å². The lowest BCUT2D eigenvalue weighted by Gasteiger charge is -2.16. The molecule has 1 unspecified atom stereocenters. The van der Waals surface area contributed by atoms with Gasteiger partial charge in [-0.15, -0.1) is 0 Å². The first kappa shape index (κ1) is 23.8. The summed E-state index contributed by atoms with van der Waals surface area (Å²) in [6, 6.07) is 17.6. The van der Waals surface area contributed by atoms with Gasteiger partial charge in [0, 0.05) is 11.1 Å². The van der Waals surface area contributed by atoms with E-state index in [-0.39, 0.29) is 5.91 Å². The molecule has 0 saturated heterocycles. The molecule has 0 fully saturated rings. The summed E-state index contributed by atoms with van der Waals surface area (Å²) in [6.07, 6.45) is 1.56. The van der Waals surface area contributed by atoms with Gasteiger partial charge in [0.1, 0.15) is 23.7 Å². The van der Waals surface area contributed by atoms with Crippen molar-refractivity contribution < 1.29 is 23.5 Å². The summed E-state index contributed by atoms with van der Waals surface area (Å²) in [7, 11) is 4.73. The molecule has 3 aromatic carbocycles. The number of carbonyl (C=O) groups is 1. The van der Waals surface area contributed by atoms with E-state index in [0.717, 1.165) is 22.3 Å². The Bertz CT molecular complexity index is 1330. The monoisotopic (exact) mass is 473 g/mol. The molecule has 0 saturated carbocycles. The van der Waals surface area contributed by atoms with Crippen LogP contribution in [0.15, 0.2) is 71.4 Å². The molecule has 1 heterocycles. The van der Waals surface area contributed by atoms with Crippen LogP contribution in [0.3, 0.4) is 0 Å². The molecule has 35 heavy (non-hydrogen) atoms. The Morgan fingerprint density at radius 3 is 2.37 bits per heavy atom. The van der Waals surface area contributed by atoms with Crippen molar-refractivity contribution >= 4 is 11.6 Å². The van der Waals surface area contributed by atoms with Crippen LogP contribution in [0.1, 0.15) is 17.2 Å². The van der Waals surface area contributed by atoms with Crippen molar-refractivity contribution in [1.82, 2.24) is 5.16 Å². The van der Waals surface area contributed by atoms with Crippen LogP contribution >= 0.6 is 0 Å². The zero-order valence-electron chi connectivity index (χ0n) is 20.0. The second-order valence-electron chi connectivity index (χ2n) is 7.90. The van der Waals surface area contributed by atoms with Gasteiger partial charge in [-0.3, -0.25) is 4.79 Å². The van der Waals surface area contributed by atoms with Crippen molar-refractivity contribution in [3.8, 4) is 39.6 Å². The van der Waals surface area contributed by atoms with Crippen LogP contribution in [0.4, 0.5) is 5.69 Å². The number of rotatable bonds is 8. The van der Waals surface area contributed by atoms with E-state index in [0.29, 0.717) is 34.2 Å². The highest BCUT2D eigenvalue weighted by Gasteiger charge is 2.20. The van der Waals surface area contributed by atoms with Gasteiger partial charge in [0.05, 0.1) is 27.0 Å². The van der Waals surface area contributed by atoms with Gasteiger partial charge in [-0.25, -0.2) is 0 Å². The Kier molecular flexibility index (Phi) is 7.03. The number of nitrogens with zero attached hydrogens (tertiary/aromatic N) is 1. The van der Waals surface area contributed by atoms with Crippen molar-refractivity contribution in [2.45, 2.75) is 13.0 Å². The van der Waals surface area contributed by atoms with E-state index in [2.05, 4.69) is 10.5 Å². The molecule has 0 spiro atoms. The largest absolute Gasteiger partial charge is 0.495 e. The van der Waals surface area contributed by atoms with Crippen molar-refractivity contribution in [1.29, 1.82) is 0 Å². The molecule has 8 nitrogen and oxygen atoms in total. The number of nitrogens with two attached hydrogens (primary N) is 1. The maximum Gasteiger partial charge on any atom is 0.245 e. The highest BCUT2D eigenvalue weighted by atomic mass is 16.5. The molecule has 4 rings (SSSR count). The number of aryl methyl sites for hydroxylation is 1. The minimum Gasteiger partial charge on any atom is -0.495 e. The minimum atomic E-state index is -0.828. The lowest BCUT2D eigenvalue weighted by Crippen LogP contribution is -2.27. The number of amides is 1. The van der Waals surface area contributed by atoms with Gasteiger partial charge in [-0.1, -0.05) is 41.6 Å². The fourth-order valence-corrected chi connectivity index (χ4v) is 3.94. The van der Waals surface area contributed by atoms with E-state index in [1.54, 1.807) is 39.7 Å². The van der Waals surface area contributed by atoms with Crippen LogP contribution in [0, 0.1) is 6.92 Å². The quantitative estimate of drug-likeness (QED) is 0.371. The SMILES string of the molecule is COc1ccc(-c2conc2-c2cc(C)c(OC)c(OC)c2)cc1NC(=O)C(N)c1ccccc1. The lowest BCUT2D eigenvalue weighted by atomic mass is 9.99. The molecule has 1 atom stereocenters. The van der Waals surface area contributed by atoms with Crippen LogP contribution < -0.4 is 25.3 Å². The second kappa shape index (κ2) is 10.3. The molecule has 4 aromatic rings. The zero-order valence-corrected chi connectivity index (χ0v) is 20.0. The molecule has 0 aliphatic heterocycles. The van der Waals surface area contributed by atoms with E-state index in [4.69, 9.17) is 24.5 Å². The van der Waals surface area contributed by atoms with Gasteiger partial charge in [-0.2, -0.15) is 0 Å². The summed E-state index contributed by atoms with van der Waals surface area (Å²) in [6.45, 7) is 1.93. The Balaban J connectivity index is 1.69. The smallest absolute Gasteiger partial charge is 0.245 e. The molecule has 1 amide bonds. The first-order valence-electron chi connectivity index (χ1n) is 10.9. The van der Waals surface area contributed by atoms with Gasteiger partial charge in [0.25, 0.3) is 0 Å². The minimum absolute atomic E-state index is 0.354. The van der Waals surface area contributed by atoms with E-state index in [9.17, 15) is 4.79 Å². The molecule has 0 radical (unpaired) electrons. The van der Waals surface area contributed by atoms with E-state index >= 15 is 0 Å². The molecule has 0 aliphatic rings. The molecule has 180 valence electrons. The molecular weight excluding hydrogens is 446 g/mol. The number of ether oxygens (including phenoxy) is 3. The number of aromatic nitrogens is 1. The van der Waals surface area contributed by atoms with Crippen LogP contribution in [0.5, 0.6) is 17.2 Å². The predicted molar refractivity (Wildman–Crippen MR) is 134 cm³/mol. The Morgan fingerprint density at radius 1 is 0.943 bits per heavy atom. The van der Waals surface area contributed by atoms with Crippen LogP contribution in [0.25, 0.3) is 22.4 Å². The van der Waals surface area contributed by atoms with Crippen LogP contribution in [-0.2, 0) is 4.79 Å². The lowest BCUT2D eigenvalue weighted by molar-refractivity contribution is -0.117. The van der Waals surface area contributed by atoms with Crippen molar-refractivity contribution in [3.05, 3.63) is 78.1 Å². The highest BCUT2D eigenvalue weighted by molar-refractivity contribution is 5.97. The number of carbonyl (C=O) groups excluding carboxylic acids is 1. The maximum atomic E-state index is 12.9. The topological polar surface area (TPSA) is 109 Å². The first-order chi connectivity index (χ1) is 17.0. The third kappa shape index (κ3) is 4.83. The molecule has 0 bridgehead atoms. The van der Waals surface area contributed by atoms with Gasteiger partial charge in [0.15, 0.2) is 11.5 Å². The van der Waals surface area contributed by atoms with E-state index in [1.807, 2.05) is 55.5 Å². The van der Waals surface area contributed by atoms with Gasteiger partial charge in [0.2, 0.25) is 5.91 Å². The average Bonchev–Trinajstić information content (AvgIpc) is 3.38. The normalized spacial score (nSPS) is 11.6. The number of benzene rings is 3. The third-order valence-electron chi connectivity index (χ3n) is 5.72. The predicted octanol–water partition coefficient (Wildman–Crippen LogP) is 4.98. The summed E-state index contributed by atoms with van der Waals surface area (Å²) >= 11 is 0. The molecule has 3 N–H and O–H groups in total. The third-order valence-corrected chi connectivity index (χ3v) is 5.72. The molecule has 8 heteroatoms. The Hall–Kier alpha value is -4.30. The summed E-state index contributed by atoms with van der Waals surface area (Å²) in [5.41, 5.74) is 11.2. The number of methoxy groups -OCH3 is 3. The second-order valence-corrected chi connectivity index (χ2v) is 7.90. The van der Waals surface area contributed by atoms with Crippen LogP contribution in [0.2, 0.25) is 0 Å². The summed E-state index contributed by atoms with van der Waals surface area (Å²) in [5, 5.41) is 7.11. The summed E-state index contributed by atoms with van der Waals surface area (Å²) < 4.78 is 21.7. The number of nitrogens with one attached hydrogen (secondary N) is 1.